The van der Waals surface area contributed by atoms with Gasteiger partial charge in [-0.15, -0.1) is 0 Å². The maximum absolute atomic E-state index is 12.4. The minimum absolute atomic E-state index is 0.0299. The van der Waals surface area contributed by atoms with Crippen LogP contribution in [0.15, 0.2) is 12.2 Å². The van der Waals surface area contributed by atoms with Crippen LogP contribution in [0.3, 0.4) is 0 Å². The monoisotopic (exact) mass is 720 g/mol. The molecule has 0 aliphatic rings. The summed E-state index contributed by atoms with van der Waals surface area (Å²) in [5, 5.41) is 23.2. The Hall–Kier alpha value is -0.870. The van der Waals surface area contributed by atoms with E-state index in [1.807, 2.05) is 0 Å². The molecular formula is C47H93NO3. The van der Waals surface area contributed by atoms with Crippen LogP contribution in [-0.4, -0.2) is 34.9 Å². The summed E-state index contributed by atoms with van der Waals surface area (Å²) in [7, 11) is 0. The van der Waals surface area contributed by atoms with Gasteiger partial charge in [0.1, 0.15) is 0 Å². The molecule has 0 heterocycles. The molecule has 51 heavy (non-hydrogen) atoms. The molecule has 4 nitrogen and oxygen atoms in total. The van der Waals surface area contributed by atoms with E-state index >= 15 is 0 Å². The highest BCUT2D eigenvalue weighted by molar-refractivity contribution is 5.76. The zero-order chi connectivity index (χ0) is 37.1. The van der Waals surface area contributed by atoms with Crippen LogP contribution in [0.25, 0.3) is 0 Å². The van der Waals surface area contributed by atoms with E-state index in [9.17, 15) is 15.0 Å². The van der Waals surface area contributed by atoms with Crippen molar-refractivity contribution in [1.82, 2.24) is 5.32 Å². The fraction of sp³-hybridized carbons (Fsp3) is 0.936. The van der Waals surface area contributed by atoms with E-state index in [1.165, 1.54) is 212 Å². The first-order valence-electron chi connectivity index (χ1n) is 23.4. The van der Waals surface area contributed by atoms with Crippen molar-refractivity contribution in [2.75, 3.05) is 6.61 Å². The Bertz CT molecular complexity index is 695. The molecule has 2 unspecified atom stereocenters. The molecule has 0 aromatic rings. The number of unbranched alkanes of at least 4 members (excludes halogenated alkanes) is 34. The van der Waals surface area contributed by atoms with Crippen molar-refractivity contribution >= 4 is 5.91 Å². The minimum atomic E-state index is -0.657. The molecule has 0 saturated heterocycles. The van der Waals surface area contributed by atoms with Crippen LogP contribution in [-0.2, 0) is 4.79 Å². The number of rotatable bonds is 43. The zero-order valence-electron chi connectivity index (χ0n) is 34.9. The second-order valence-corrected chi connectivity index (χ2v) is 16.2. The molecule has 0 aromatic heterocycles. The Labute approximate surface area is 320 Å². The lowest BCUT2D eigenvalue weighted by atomic mass is 10.0. The summed E-state index contributed by atoms with van der Waals surface area (Å²) in [6.45, 7) is 4.38. The number of aliphatic hydroxyl groups is 2. The van der Waals surface area contributed by atoms with Crippen LogP contribution in [0, 0.1) is 0 Å². The SMILES string of the molecule is CCCCCCCCCC/C=C\CCCCCCCCCCCC(=O)NC(CO)C(O)CCCCCCCCCCCCCCCCCCCC. The smallest absolute Gasteiger partial charge is 0.220 e. The third-order valence-electron chi connectivity index (χ3n) is 11.0. The van der Waals surface area contributed by atoms with Gasteiger partial charge in [-0.3, -0.25) is 4.79 Å². The fourth-order valence-electron chi connectivity index (χ4n) is 7.42. The molecule has 0 saturated carbocycles. The summed E-state index contributed by atoms with van der Waals surface area (Å²) in [5.74, 6) is -0.0299. The van der Waals surface area contributed by atoms with Crippen molar-refractivity contribution in [1.29, 1.82) is 0 Å². The first-order valence-corrected chi connectivity index (χ1v) is 23.4. The Morgan fingerprint density at radius 2 is 0.745 bits per heavy atom. The number of carbonyl (C=O) groups is 1. The van der Waals surface area contributed by atoms with E-state index in [0.29, 0.717) is 12.8 Å². The highest BCUT2D eigenvalue weighted by Gasteiger charge is 2.20. The van der Waals surface area contributed by atoms with E-state index in [2.05, 4.69) is 31.3 Å². The highest BCUT2D eigenvalue weighted by Crippen LogP contribution is 2.16. The summed E-state index contributed by atoms with van der Waals surface area (Å²) in [6, 6.07) is -0.534. The number of hydrogen-bond acceptors (Lipinski definition) is 3. The van der Waals surface area contributed by atoms with E-state index in [1.54, 1.807) is 0 Å². The van der Waals surface area contributed by atoms with E-state index in [0.717, 1.165) is 25.7 Å². The number of allylic oxidation sites excluding steroid dienone is 2. The van der Waals surface area contributed by atoms with Gasteiger partial charge < -0.3 is 15.5 Å². The van der Waals surface area contributed by atoms with Gasteiger partial charge >= 0.3 is 0 Å². The Kier molecular flexibility index (Phi) is 42.8. The zero-order valence-corrected chi connectivity index (χ0v) is 34.9. The first kappa shape index (κ1) is 50.1. The summed E-state index contributed by atoms with van der Waals surface area (Å²) in [4.78, 5) is 12.4. The number of hydrogen-bond donors (Lipinski definition) is 3. The topological polar surface area (TPSA) is 69.6 Å². The third-order valence-corrected chi connectivity index (χ3v) is 11.0. The molecule has 1 amide bonds. The molecule has 0 aliphatic heterocycles. The maximum Gasteiger partial charge on any atom is 0.220 e. The molecule has 0 fully saturated rings. The van der Waals surface area contributed by atoms with Gasteiger partial charge in [-0.1, -0.05) is 231 Å². The predicted molar refractivity (Wildman–Crippen MR) is 226 cm³/mol. The van der Waals surface area contributed by atoms with E-state index in [4.69, 9.17) is 0 Å². The van der Waals surface area contributed by atoms with E-state index < -0.39 is 12.1 Å². The Morgan fingerprint density at radius 1 is 0.451 bits per heavy atom. The molecule has 0 bridgehead atoms. The molecule has 0 radical (unpaired) electrons. The third kappa shape index (κ3) is 40.2. The standard InChI is InChI=1S/C47H93NO3/c1-3-5-7-9-11-13-15-17-19-21-23-24-25-27-29-31-33-35-37-39-41-43-47(51)48-45(44-49)46(50)42-40-38-36-34-32-30-28-26-22-20-18-16-14-12-10-8-6-4-2/h21,23,45-46,49-50H,3-20,22,24-44H2,1-2H3,(H,48,51)/b23-21-. The van der Waals surface area contributed by atoms with Gasteiger partial charge in [0.05, 0.1) is 18.8 Å². The predicted octanol–water partition coefficient (Wildman–Crippen LogP) is 14.6. The molecule has 3 N–H and O–H groups in total. The molecule has 0 aromatic carbocycles. The molecule has 4 heteroatoms. The average Bonchev–Trinajstić information content (AvgIpc) is 3.13. The summed E-state index contributed by atoms with van der Waals surface area (Å²) < 4.78 is 0. The van der Waals surface area contributed by atoms with Gasteiger partial charge in [-0.2, -0.15) is 0 Å². The summed E-state index contributed by atoms with van der Waals surface area (Å²) in [5.41, 5.74) is 0. The van der Waals surface area contributed by atoms with E-state index in [-0.39, 0.29) is 12.5 Å². The van der Waals surface area contributed by atoms with Crippen molar-refractivity contribution in [2.45, 2.75) is 276 Å². The Morgan fingerprint density at radius 3 is 1.08 bits per heavy atom. The van der Waals surface area contributed by atoms with Gasteiger partial charge in [0.2, 0.25) is 5.91 Å². The van der Waals surface area contributed by atoms with Crippen molar-refractivity contribution in [3.8, 4) is 0 Å². The van der Waals surface area contributed by atoms with Crippen LogP contribution in [0.1, 0.15) is 264 Å². The lowest BCUT2D eigenvalue weighted by Crippen LogP contribution is -2.45. The molecular weight excluding hydrogens is 627 g/mol. The molecule has 0 aliphatic carbocycles. The summed E-state index contributed by atoms with van der Waals surface area (Å²) in [6.07, 6.45) is 54.4. The maximum atomic E-state index is 12.4. The first-order chi connectivity index (χ1) is 25.2. The van der Waals surface area contributed by atoms with Gasteiger partial charge in [0, 0.05) is 6.42 Å². The molecule has 2 atom stereocenters. The Balaban J connectivity index is 3.48. The number of nitrogens with one attached hydrogen (secondary N) is 1. The van der Waals surface area contributed by atoms with Gasteiger partial charge in [0.15, 0.2) is 0 Å². The normalized spacial score (nSPS) is 12.9. The van der Waals surface area contributed by atoms with Crippen LogP contribution >= 0.6 is 0 Å². The van der Waals surface area contributed by atoms with Crippen molar-refractivity contribution in [3.63, 3.8) is 0 Å². The largest absolute Gasteiger partial charge is 0.394 e. The minimum Gasteiger partial charge on any atom is -0.394 e. The van der Waals surface area contributed by atoms with Crippen molar-refractivity contribution < 1.29 is 15.0 Å². The van der Waals surface area contributed by atoms with Crippen LogP contribution in [0.4, 0.5) is 0 Å². The second kappa shape index (κ2) is 43.5. The van der Waals surface area contributed by atoms with Crippen molar-refractivity contribution in [3.05, 3.63) is 12.2 Å². The summed E-state index contributed by atoms with van der Waals surface area (Å²) >= 11 is 0. The van der Waals surface area contributed by atoms with Crippen LogP contribution in [0.5, 0.6) is 0 Å². The molecule has 0 rings (SSSR count). The fourth-order valence-corrected chi connectivity index (χ4v) is 7.42. The highest BCUT2D eigenvalue weighted by atomic mass is 16.3. The quantitative estimate of drug-likeness (QED) is 0.0434. The molecule has 304 valence electrons. The van der Waals surface area contributed by atoms with Crippen molar-refractivity contribution in [2.24, 2.45) is 0 Å². The lowest BCUT2D eigenvalue weighted by molar-refractivity contribution is -0.123. The number of carbonyl (C=O) groups excluding carboxylic acids is 1. The molecule has 0 spiro atoms. The van der Waals surface area contributed by atoms with Crippen LogP contribution < -0.4 is 5.32 Å². The number of aliphatic hydroxyl groups excluding tert-OH is 2. The number of amides is 1. The average molecular weight is 720 g/mol. The van der Waals surface area contributed by atoms with Gasteiger partial charge in [-0.05, 0) is 38.5 Å². The van der Waals surface area contributed by atoms with Gasteiger partial charge in [0.25, 0.3) is 0 Å². The van der Waals surface area contributed by atoms with Crippen LogP contribution in [0.2, 0.25) is 0 Å². The second-order valence-electron chi connectivity index (χ2n) is 16.2. The lowest BCUT2D eigenvalue weighted by Gasteiger charge is -2.22. The van der Waals surface area contributed by atoms with Gasteiger partial charge in [-0.25, -0.2) is 0 Å².